The third kappa shape index (κ3) is 5.13. The summed E-state index contributed by atoms with van der Waals surface area (Å²) in [5.74, 6) is 0.244. The van der Waals surface area contributed by atoms with E-state index in [-0.39, 0.29) is 5.92 Å². The fourth-order valence-electron chi connectivity index (χ4n) is 6.88. The molecule has 0 bridgehead atoms. The Morgan fingerprint density at radius 1 is 0.422 bits per heavy atom. The molecule has 1 atom stereocenters. The first-order chi connectivity index (χ1) is 22.3. The topological polar surface area (TPSA) is 4.93 Å². The number of benzene rings is 7. The van der Waals surface area contributed by atoms with Gasteiger partial charge in [-0.05, 0) is 81.8 Å². The zero-order valence-corrected chi connectivity index (χ0v) is 25.1. The predicted molar refractivity (Wildman–Crippen MR) is 190 cm³/mol. The Kier molecular flexibility index (Phi) is 7.05. The van der Waals surface area contributed by atoms with Crippen LogP contribution in [0.15, 0.2) is 182 Å². The summed E-state index contributed by atoms with van der Waals surface area (Å²) in [5.41, 5.74) is 12.6. The van der Waals surface area contributed by atoms with Crippen molar-refractivity contribution in [2.75, 3.05) is 0 Å². The summed E-state index contributed by atoms with van der Waals surface area (Å²) in [7, 11) is 0. The quantitative estimate of drug-likeness (QED) is 0.178. The van der Waals surface area contributed by atoms with E-state index in [4.69, 9.17) is 0 Å². The van der Waals surface area contributed by atoms with Gasteiger partial charge in [0.05, 0.1) is 11.0 Å². The van der Waals surface area contributed by atoms with E-state index in [1.165, 1.54) is 66.4 Å². The van der Waals surface area contributed by atoms with Crippen molar-refractivity contribution < 1.29 is 0 Å². The second-order valence-corrected chi connectivity index (χ2v) is 11.7. The van der Waals surface area contributed by atoms with E-state index in [0.29, 0.717) is 0 Å². The summed E-state index contributed by atoms with van der Waals surface area (Å²) in [5, 5.41) is 2.54. The van der Waals surface area contributed by atoms with Crippen LogP contribution < -0.4 is 0 Å². The Morgan fingerprint density at radius 3 is 1.87 bits per heavy atom. The van der Waals surface area contributed by atoms with Crippen LogP contribution in [0.4, 0.5) is 0 Å². The molecule has 0 saturated carbocycles. The van der Waals surface area contributed by atoms with E-state index >= 15 is 0 Å². The molecule has 0 saturated heterocycles. The van der Waals surface area contributed by atoms with Crippen molar-refractivity contribution in [3.8, 4) is 27.9 Å². The largest absolute Gasteiger partial charge is 0.309 e. The van der Waals surface area contributed by atoms with Crippen molar-refractivity contribution in [3.05, 3.63) is 199 Å². The number of hydrogen-bond donors (Lipinski definition) is 0. The van der Waals surface area contributed by atoms with Crippen LogP contribution in [0.5, 0.6) is 0 Å². The van der Waals surface area contributed by atoms with Crippen LogP contribution in [0.25, 0.3) is 49.7 Å². The average Bonchev–Trinajstić information content (AvgIpc) is 3.46. The first-order valence-electron chi connectivity index (χ1n) is 15.7. The number of aromatic nitrogens is 1. The third-order valence-electron chi connectivity index (χ3n) is 9.01. The maximum absolute atomic E-state index is 2.37. The van der Waals surface area contributed by atoms with Crippen molar-refractivity contribution in [2.45, 2.75) is 12.3 Å². The summed E-state index contributed by atoms with van der Waals surface area (Å²) < 4.78 is 2.37. The van der Waals surface area contributed by atoms with Crippen molar-refractivity contribution in [1.82, 2.24) is 4.57 Å². The summed E-state index contributed by atoms with van der Waals surface area (Å²) in [6.45, 7) is 0. The molecule has 0 aliphatic heterocycles. The molecule has 1 nitrogen and oxygen atoms in total. The molecule has 1 heterocycles. The molecule has 0 amide bonds. The van der Waals surface area contributed by atoms with Crippen LogP contribution in [0.2, 0.25) is 0 Å². The fraction of sp³-hybridized carbons (Fsp3) is 0.0455. The number of nitrogens with zero attached hydrogens (tertiary/aromatic N) is 1. The summed E-state index contributed by atoms with van der Waals surface area (Å²) >= 11 is 0. The van der Waals surface area contributed by atoms with Crippen molar-refractivity contribution in [2.24, 2.45) is 0 Å². The molecule has 0 fully saturated rings. The highest BCUT2D eigenvalue weighted by atomic mass is 15.0. The second kappa shape index (κ2) is 11.8. The number of rotatable bonds is 7. The molecule has 214 valence electrons. The van der Waals surface area contributed by atoms with Gasteiger partial charge < -0.3 is 4.57 Å². The predicted octanol–water partition coefficient (Wildman–Crippen LogP) is 11.5. The van der Waals surface area contributed by atoms with Gasteiger partial charge >= 0.3 is 0 Å². The maximum Gasteiger partial charge on any atom is 0.0541 e. The Labute approximate surface area is 264 Å². The van der Waals surface area contributed by atoms with Crippen LogP contribution in [0.3, 0.4) is 0 Å². The molecule has 1 unspecified atom stereocenters. The fourth-order valence-corrected chi connectivity index (χ4v) is 6.88. The minimum absolute atomic E-state index is 0.244. The molecular weight excluding hydrogens is 542 g/mol. The monoisotopic (exact) mass is 575 g/mol. The molecule has 0 N–H and O–H groups in total. The Balaban J connectivity index is 1.23. The zero-order chi connectivity index (χ0) is 30.0. The van der Waals surface area contributed by atoms with Crippen LogP contribution in [0, 0.1) is 0 Å². The van der Waals surface area contributed by atoms with Crippen LogP contribution >= 0.6 is 0 Å². The average molecular weight is 576 g/mol. The summed E-state index contributed by atoms with van der Waals surface area (Å²) in [6.07, 6.45) is 0.948. The highest BCUT2D eigenvalue weighted by molar-refractivity contribution is 6.10. The Bertz CT molecular complexity index is 2230. The van der Waals surface area contributed by atoms with Gasteiger partial charge in [-0.25, -0.2) is 0 Å². The molecule has 8 rings (SSSR count). The second-order valence-electron chi connectivity index (χ2n) is 11.7. The minimum atomic E-state index is 0.244. The van der Waals surface area contributed by atoms with Gasteiger partial charge in [0, 0.05) is 22.4 Å². The standard InChI is InChI=1S/C44H33N/c1-4-15-32(16-5-1)29-41(33-17-6-2-7-18-33)39-24-11-10-23-38(39)36-20-14-19-34(30-36)35-27-28-44-42(31-35)40-25-12-13-26-43(40)45(44)37-21-8-3-9-22-37/h1-28,30-31,41H,29H2. The zero-order valence-electron chi connectivity index (χ0n) is 25.1. The van der Waals surface area contributed by atoms with Gasteiger partial charge in [0.25, 0.3) is 0 Å². The molecule has 0 radical (unpaired) electrons. The van der Waals surface area contributed by atoms with E-state index in [0.717, 1.165) is 6.42 Å². The molecule has 7 aromatic carbocycles. The normalized spacial score (nSPS) is 12.0. The lowest BCUT2D eigenvalue weighted by atomic mass is 9.82. The van der Waals surface area contributed by atoms with E-state index in [1.807, 2.05) is 0 Å². The van der Waals surface area contributed by atoms with Gasteiger partial charge in [0.2, 0.25) is 0 Å². The highest BCUT2D eigenvalue weighted by Crippen LogP contribution is 2.39. The lowest BCUT2D eigenvalue weighted by Gasteiger charge is -2.22. The Morgan fingerprint density at radius 2 is 1.04 bits per heavy atom. The molecular formula is C44H33N. The van der Waals surface area contributed by atoms with E-state index in [9.17, 15) is 0 Å². The van der Waals surface area contributed by atoms with E-state index in [1.54, 1.807) is 0 Å². The number of fused-ring (bicyclic) bond motifs is 3. The van der Waals surface area contributed by atoms with Gasteiger partial charge in [0.1, 0.15) is 0 Å². The van der Waals surface area contributed by atoms with Crippen molar-refractivity contribution in [1.29, 1.82) is 0 Å². The molecule has 1 heteroatoms. The molecule has 45 heavy (non-hydrogen) atoms. The number of para-hydroxylation sites is 2. The van der Waals surface area contributed by atoms with Crippen molar-refractivity contribution in [3.63, 3.8) is 0 Å². The highest BCUT2D eigenvalue weighted by Gasteiger charge is 2.19. The van der Waals surface area contributed by atoms with Gasteiger partial charge in [-0.1, -0.05) is 146 Å². The van der Waals surface area contributed by atoms with E-state index in [2.05, 4.69) is 187 Å². The summed E-state index contributed by atoms with van der Waals surface area (Å²) in [6, 6.07) is 66.1. The van der Waals surface area contributed by atoms with Crippen LogP contribution in [-0.4, -0.2) is 4.57 Å². The molecule has 0 aliphatic carbocycles. The lowest BCUT2D eigenvalue weighted by molar-refractivity contribution is 0.807. The molecule has 0 spiro atoms. The van der Waals surface area contributed by atoms with Gasteiger partial charge in [0.15, 0.2) is 0 Å². The number of hydrogen-bond acceptors (Lipinski definition) is 0. The van der Waals surface area contributed by atoms with Gasteiger partial charge in [-0.15, -0.1) is 0 Å². The maximum atomic E-state index is 2.37. The van der Waals surface area contributed by atoms with E-state index < -0.39 is 0 Å². The SMILES string of the molecule is c1ccc(CC(c2ccccc2)c2ccccc2-c2cccc(-c3ccc4c(c3)c3ccccc3n4-c3ccccc3)c2)cc1. The minimum Gasteiger partial charge on any atom is -0.309 e. The molecule has 1 aromatic heterocycles. The molecule has 0 aliphatic rings. The van der Waals surface area contributed by atoms with Gasteiger partial charge in [-0.2, -0.15) is 0 Å². The lowest BCUT2D eigenvalue weighted by Crippen LogP contribution is -2.07. The first kappa shape index (κ1) is 26.9. The summed E-state index contributed by atoms with van der Waals surface area (Å²) in [4.78, 5) is 0. The Hall–Kier alpha value is -5.66. The van der Waals surface area contributed by atoms with Gasteiger partial charge in [-0.3, -0.25) is 0 Å². The van der Waals surface area contributed by atoms with Crippen LogP contribution in [0.1, 0.15) is 22.6 Å². The van der Waals surface area contributed by atoms with Crippen LogP contribution in [-0.2, 0) is 6.42 Å². The molecule has 8 aromatic rings. The first-order valence-corrected chi connectivity index (χ1v) is 15.7. The smallest absolute Gasteiger partial charge is 0.0541 e. The third-order valence-corrected chi connectivity index (χ3v) is 9.01. The van der Waals surface area contributed by atoms with Crippen molar-refractivity contribution >= 4 is 21.8 Å².